The highest BCUT2D eigenvalue weighted by atomic mass is 19.4. The van der Waals surface area contributed by atoms with Gasteiger partial charge in [0.15, 0.2) is 5.41 Å². The second-order valence-electron chi connectivity index (χ2n) is 5.58. The van der Waals surface area contributed by atoms with Crippen LogP contribution in [0.1, 0.15) is 12.0 Å². The number of halogens is 4. The number of nitrogens with zero attached hydrogens (tertiary/aromatic N) is 1. The van der Waals surface area contributed by atoms with Crippen molar-refractivity contribution in [3.8, 4) is 5.75 Å². The molecule has 1 aliphatic rings. The maximum atomic E-state index is 13.3. The molecule has 1 heterocycles. The first-order valence-corrected chi connectivity index (χ1v) is 7.01. The highest BCUT2D eigenvalue weighted by Crippen LogP contribution is 2.45. The Kier molecular flexibility index (Phi) is 4.73. The molecule has 1 aliphatic heterocycles. The molecule has 0 radical (unpaired) electrons. The molecule has 0 bridgehead atoms. The molecule has 1 aromatic rings. The van der Waals surface area contributed by atoms with Gasteiger partial charge in [0.2, 0.25) is 5.91 Å². The van der Waals surface area contributed by atoms with Crippen LogP contribution >= 0.6 is 0 Å². The van der Waals surface area contributed by atoms with Gasteiger partial charge in [0, 0.05) is 18.7 Å². The minimum Gasteiger partial charge on any atom is -0.496 e. The summed E-state index contributed by atoms with van der Waals surface area (Å²) in [5.74, 6) is -3.11. The summed E-state index contributed by atoms with van der Waals surface area (Å²) in [6, 6.07) is 3.49. The van der Waals surface area contributed by atoms with Gasteiger partial charge < -0.3 is 14.7 Å². The monoisotopic (exact) mass is 349 g/mol. The van der Waals surface area contributed by atoms with E-state index in [-0.39, 0.29) is 24.3 Å². The Bertz CT molecular complexity index is 661. The molecule has 1 aromatic carbocycles. The van der Waals surface area contributed by atoms with E-state index in [1.165, 1.54) is 13.2 Å². The molecule has 1 atom stereocenters. The lowest BCUT2D eigenvalue weighted by molar-refractivity contribution is -0.227. The fourth-order valence-electron chi connectivity index (χ4n) is 2.71. The fraction of sp³-hybridized carbons (Fsp3) is 0.467. The Morgan fingerprint density at radius 2 is 2.04 bits per heavy atom. The van der Waals surface area contributed by atoms with Crippen molar-refractivity contribution in [3.05, 3.63) is 29.6 Å². The zero-order chi connectivity index (χ0) is 18.1. The average molecular weight is 349 g/mol. The van der Waals surface area contributed by atoms with Crippen molar-refractivity contribution in [1.82, 2.24) is 4.90 Å². The van der Waals surface area contributed by atoms with Gasteiger partial charge in [0.05, 0.1) is 13.5 Å². The van der Waals surface area contributed by atoms with Gasteiger partial charge in [-0.05, 0) is 24.6 Å². The number of alkyl halides is 3. The molecular formula is C15H15F4NO4. The lowest BCUT2D eigenvalue weighted by Crippen LogP contribution is -2.47. The van der Waals surface area contributed by atoms with Crippen molar-refractivity contribution >= 4 is 11.9 Å². The number of aliphatic carboxylic acids is 1. The summed E-state index contributed by atoms with van der Waals surface area (Å²) < 4.78 is 57.6. The molecule has 1 unspecified atom stereocenters. The largest absolute Gasteiger partial charge is 0.496 e. The van der Waals surface area contributed by atoms with E-state index in [0.29, 0.717) is 0 Å². The van der Waals surface area contributed by atoms with E-state index >= 15 is 0 Å². The fourth-order valence-corrected chi connectivity index (χ4v) is 2.71. The summed E-state index contributed by atoms with van der Waals surface area (Å²) >= 11 is 0. The van der Waals surface area contributed by atoms with E-state index in [0.717, 1.165) is 17.0 Å². The zero-order valence-corrected chi connectivity index (χ0v) is 12.7. The quantitative estimate of drug-likeness (QED) is 0.847. The molecule has 0 aromatic heterocycles. The number of carbonyl (C=O) groups excluding carboxylic acids is 1. The normalized spacial score (nSPS) is 21.0. The maximum Gasteiger partial charge on any atom is 0.406 e. The van der Waals surface area contributed by atoms with E-state index in [4.69, 9.17) is 9.84 Å². The van der Waals surface area contributed by atoms with Crippen LogP contribution in [0.4, 0.5) is 17.6 Å². The first-order valence-electron chi connectivity index (χ1n) is 7.01. The summed E-state index contributed by atoms with van der Waals surface area (Å²) in [6.07, 6.45) is -6.06. The SMILES string of the molecule is COc1ccc(F)cc1CC(=O)N1CCC(C(=O)O)(C(F)(F)F)C1. The predicted molar refractivity (Wildman–Crippen MR) is 74.0 cm³/mol. The molecule has 0 saturated carbocycles. The molecule has 2 rings (SSSR count). The Morgan fingerprint density at radius 1 is 1.38 bits per heavy atom. The van der Waals surface area contributed by atoms with Crippen LogP contribution in [-0.2, 0) is 16.0 Å². The van der Waals surface area contributed by atoms with Crippen LogP contribution in [0.3, 0.4) is 0 Å². The second kappa shape index (κ2) is 6.29. The van der Waals surface area contributed by atoms with E-state index in [9.17, 15) is 27.2 Å². The van der Waals surface area contributed by atoms with Crippen LogP contribution in [-0.4, -0.2) is 48.3 Å². The Balaban J connectivity index is 2.18. The number of likely N-dealkylation sites (tertiary alicyclic amines) is 1. The van der Waals surface area contributed by atoms with Gasteiger partial charge in [-0.25, -0.2) is 4.39 Å². The van der Waals surface area contributed by atoms with Crippen LogP contribution in [0.5, 0.6) is 5.75 Å². The zero-order valence-electron chi connectivity index (χ0n) is 12.7. The molecule has 1 amide bonds. The third-order valence-electron chi connectivity index (χ3n) is 4.16. The number of amides is 1. The van der Waals surface area contributed by atoms with Gasteiger partial charge in [-0.15, -0.1) is 0 Å². The Hall–Kier alpha value is -2.32. The van der Waals surface area contributed by atoms with Gasteiger partial charge in [-0.2, -0.15) is 13.2 Å². The molecule has 24 heavy (non-hydrogen) atoms. The summed E-state index contributed by atoms with van der Waals surface area (Å²) in [5.41, 5.74) is -2.78. The van der Waals surface area contributed by atoms with Crippen LogP contribution in [0, 0.1) is 11.2 Å². The third-order valence-corrected chi connectivity index (χ3v) is 4.16. The summed E-state index contributed by atoms with van der Waals surface area (Å²) in [6.45, 7) is -1.29. The minimum atomic E-state index is -4.97. The number of carboxylic acid groups (broad SMARTS) is 1. The van der Waals surface area contributed by atoms with Crippen LogP contribution in [0.25, 0.3) is 0 Å². The molecule has 0 aliphatic carbocycles. The van der Waals surface area contributed by atoms with Gasteiger partial charge in [-0.3, -0.25) is 9.59 Å². The molecule has 5 nitrogen and oxygen atoms in total. The lowest BCUT2D eigenvalue weighted by Gasteiger charge is -2.27. The number of methoxy groups -OCH3 is 1. The number of hydrogen-bond donors (Lipinski definition) is 1. The summed E-state index contributed by atoms with van der Waals surface area (Å²) in [7, 11) is 1.32. The highest BCUT2D eigenvalue weighted by Gasteiger charge is 2.64. The number of ether oxygens (including phenoxy) is 1. The topological polar surface area (TPSA) is 66.8 Å². The number of carboxylic acids is 1. The molecular weight excluding hydrogens is 334 g/mol. The van der Waals surface area contributed by atoms with Crippen molar-refractivity contribution in [2.75, 3.05) is 20.2 Å². The Labute approximate surface area is 134 Å². The lowest BCUT2D eigenvalue weighted by atomic mass is 9.86. The van der Waals surface area contributed by atoms with Gasteiger partial charge in [0.1, 0.15) is 11.6 Å². The van der Waals surface area contributed by atoms with Crippen molar-refractivity contribution in [3.63, 3.8) is 0 Å². The number of hydrogen-bond acceptors (Lipinski definition) is 3. The van der Waals surface area contributed by atoms with Crippen LogP contribution in [0.2, 0.25) is 0 Å². The van der Waals surface area contributed by atoms with Crippen molar-refractivity contribution < 1.29 is 37.0 Å². The third kappa shape index (κ3) is 3.15. The van der Waals surface area contributed by atoms with E-state index in [2.05, 4.69) is 0 Å². The first-order chi connectivity index (χ1) is 11.1. The average Bonchev–Trinajstić information content (AvgIpc) is 2.94. The van der Waals surface area contributed by atoms with Crippen LogP contribution in [0.15, 0.2) is 18.2 Å². The van der Waals surface area contributed by atoms with E-state index in [1.807, 2.05) is 0 Å². The maximum absolute atomic E-state index is 13.3. The highest BCUT2D eigenvalue weighted by molar-refractivity contribution is 5.83. The number of carbonyl (C=O) groups is 2. The minimum absolute atomic E-state index is 0.183. The second-order valence-corrected chi connectivity index (χ2v) is 5.58. The summed E-state index contributed by atoms with van der Waals surface area (Å²) in [4.78, 5) is 24.2. The number of rotatable bonds is 4. The van der Waals surface area contributed by atoms with E-state index < -0.39 is 42.3 Å². The van der Waals surface area contributed by atoms with Crippen molar-refractivity contribution in [2.45, 2.75) is 19.0 Å². The molecule has 9 heteroatoms. The van der Waals surface area contributed by atoms with Crippen molar-refractivity contribution in [1.29, 1.82) is 0 Å². The van der Waals surface area contributed by atoms with Gasteiger partial charge in [-0.1, -0.05) is 0 Å². The molecule has 1 N–H and O–H groups in total. The van der Waals surface area contributed by atoms with Gasteiger partial charge in [0.25, 0.3) is 0 Å². The standard InChI is InChI=1S/C15H15F4NO4/c1-24-11-3-2-10(16)6-9(11)7-12(21)20-5-4-14(8-20,13(22)23)15(17,18)19/h2-3,6H,4-5,7-8H2,1H3,(H,22,23). The molecule has 1 fully saturated rings. The summed E-state index contributed by atoms with van der Waals surface area (Å²) in [5, 5.41) is 8.98. The first kappa shape index (κ1) is 18.0. The van der Waals surface area contributed by atoms with Crippen LogP contribution < -0.4 is 4.74 Å². The number of benzene rings is 1. The smallest absolute Gasteiger partial charge is 0.406 e. The molecule has 0 spiro atoms. The Morgan fingerprint density at radius 3 is 2.54 bits per heavy atom. The van der Waals surface area contributed by atoms with E-state index in [1.54, 1.807) is 0 Å². The predicted octanol–water partition coefficient (Wildman–Crippen LogP) is 2.24. The van der Waals surface area contributed by atoms with Gasteiger partial charge >= 0.3 is 12.1 Å². The van der Waals surface area contributed by atoms with Crippen molar-refractivity contribution in [2.24, 2.45) is 5.41 Å². The molecule has 1 saturated heterocycles. The molecule has 132 valence electrons.